The number of methoxy groups -OCH3 is 2. The van der Waals surface area contributed by atoms with E-state index in [1.165, 1.54) is 16.7 Å². The fraction of sp³-hybridized carbons (Fsp3) is 0.458. The van der Waals surface area contributed by atoms with Crippen LogP contribution in [0.25, 0.3) is 0 Å². The van der Waals surface area contributed by atoms with E-state index in [0.29, 0.717) is 13.2 Å². The molecule has 0 aliphatic carbocycles. The highest BCUT2D eigenvalue weighted by Crippen LogP contribution is 2.27. The van der Waals surface area contributed by atoms with Crippen LogP contribution in [0.2, 0.25) is 0 Å². The van der Waals surface area contributed by atoms with Crippen molar-refractivity contribution in [3.8, 4) is 11.5 Å². The van der Waals surface area contributed by atoms with Gasteiger partial charge in [-0.3, -0.25) is 0 Å². The van der Waals surface area contributed by atoms with E-state index in [1.807, 2.05) is 24.3 Å². The minimum absolute atomic E-state index is 0.608. The molecule has 6 heteroatoms. The van der Waals surface area contributed by atoms with E-state index in [4.69, 9.17) is 19.2 Å². The zero-order chi connectivity index (χ0) is 21.6. The molecule has 0 atom stereocenters. The van der Waals surface area contributed by atoms with Crippen LogP contribution in [0.4, 0.5) is 0 Å². The predicted molar refractivity (Wildman–Crippen MR) is 122 cm³/mol. The summed E-state index contributed by atoms with van der Waals surface area (Å²) in [4.78, 5) is 4.76. The van der Waals surface area contributed by atoms with Crippen molar-refractivity contribution in [3.05, 3.63) is 59.2 Å². The lowest BCUT2D eigenvalue weighted by atomic mass is 10.1. The smallest absolute Gasteiger partial charge is 0.191 e. The van der Waals surface area contributed by atoms with Crippen LogP contribution < -0.4 is 20.1 Å². The average molecular weight is 414 g/mol. The summed E-state index contributed by atoms with van der Waals surface area (Å²) in [6, 6.07) is 14.3. The van der Waals surface area contributed by atoms with Gasteiger partial charge in [-0.2, -0.15) is 0 Å². The van der Waals surface area contributed by atoms with Crippen molar-refractivity contribution in [2.75, 3.05) is 33.9 Å². The molecule has 0 amide bonds. The van der Waals surface area contributed by atoms with Gasteiger partial charge >= 0.3 is 0 Å². The van der Waals surface area contributed by atoms with Gasteiger partial charge in [0.15, 0.2) is 17.5 Å². The van der Waals surface area contributed by atoms with Gasteiger partial charge in [0.25, 0.3) is 0 Å². The number of rotatable bonds is 12. The van der Waals surface area contributed by atoms with Gasteiger partial charge in [-0.15, -0.1) is 0 Å². The molecule has 30 heavy (non-hydrogen) atoms. The van der Waals surface area contributed by atoms with Crippen molar-refractivity contribution in [3.63, 3.8) is 0 Å². The summed E-state index contributed by atoms with van der Waals surface area (Å²) >= 11 is 0. The van der Waals surface area contributed by atoms with Crippen LogP contribution in [0.5, 0.6) is 11.5 Å². The van der Waals surface area contributed by atoms with Gasteiger partial charge in [0.2, 0.25) is 0 Å². The number of hydrogen-bond acceptors (Lipinski definition) is 4. The lowest BCUT2D eigenvalue weighted by Crippen LogP contribution is -2.38. The highest BCUT2D eigenvalue weighted by Gasteiger charge is 2.06. The average Bonchev–Trinajstić information content (AvgIpc) is 2.78. The summed E-state index contributed by atoms with van der Waals surface area (Å²) in [5.41, 5.74) is 3.55. The lowest BCUT2D eigenvalue weighted by Gasteiger charge is -2.13. The van der Waals surface area contributed by atoms with E-state index in [0.717, 1.165) is 50.0 Å². The maximum atomic E-state index is 5.71. The first kappa shape index (κ1) is 23.5. The maximum absolute atomic E-state index is 5.71. The van der Waals surface area contributed by atoms with Crippen LogP contribution >= 0.6 is 0 Å². The molecule has 0 saturated carbocycles. The molecule has 0 aromatic heterocycles. The van der Waals surface area contributed by atoms with E-state index in [1.54, 1.807) is 14.2 Å². The molecule has 6 nitrogen and oxygen atoms in total. The Morgan fingerprint density at radius 3 is 2.40 bits per heavy atom. The Hall–Kier alpha value is -2.73. The highest BCUT2D eigenvalue weighted by molar-refractivity contribution is 5.79. The van der Waals surface area contributed by atoms with Crippen molar-refractivity contribution >= 4 is 5.96 Å². The number of guanidine groups is 1. The summed E-state index contributed by atoms with van der Waals surface area (Å²) in [5, 5.41) is 6.73. The second-order valence-electron chi connectivity index (χ2n) is 6.88. The fourth-order valence-electron chi connectivity index (χ4n) is 3.05. The molecule has 0 fully saturated rings. The molecule has 2 aromatic carbocycles. The van der Waals surface area contributed by atoms with Gasteiger partial charge in [0.05, 0.1) is 27.4 Å². The van der Waals surface area contributed by atoms with Crippen LogP contribution in [0, 0.1) is 0 Å². The Bertz CT molecular complexity index is 793. The molecule has 0 unspecified atom stereocenters. The summed E-state index contributed by atoms with van der Waals surface area (Å²) in [5.74, 6) is 2.30. The van der Waals surface area contributed by atoms with Gasteiger partial charge in [-0.05, 0) is 48.6 Å². The van der Waals surface area contributed by atoms with E-state index >= 15 is 0 Å². The van der Waals surface area contributed by atoms with Crippen LogP contribution in [0.15, 0.2) is 47.5 Å². The number of hydrogen-bond donors (Lipinski definition) is 2. The van der Waals surface area contributed by atoms with Gasteiger partial charge in [0, 0.05) is 19.7 Å². The summed E-state index contributed by atoms with van der Waals surface area (Å²) in [6.45, 7) is 7.77. The number of nitrogens with zero attached hydrogens (tertiary/aromatic N) is 1. The second kappa shape index (κ2) is 13.5. The Kier molecular flexibility index (Phi) is 10.6. The molecular weight excluding hydrogens is 378 g/mol. The summed E-state index contributed by atoms with van der Waals surface area (Å²) < 4.78 is 16.4. The molecule has 2 rings (SSSR count). The predicted octanol–water partition coefficient (Wildman–Crippen LogP) is 3.93. The number of nitrogens with one attached hydrogen (secondary N) is 2. The third-order valence-corrected chi connectivity index (χ3v) is 4.63. The van der Waals surface area contributed by atoms with Gasteiger partial charge < -0.3 is 24.8 Å². The highest BCUT2D eigenvalue weighted by atomic mass is 16.5. The maximum Gasteiger partial charge on any atom is 0.191 e. The largest absolute Gasteiger partial charge is 0.493 e. The zero-order valence-corrected chi connectivity index (χ0v) is 18.7. The lowest BCUT2D eigenvalue weighted by molar-refractivity contribution is 0.121. The molecule has 2 aromatic rings. The second-order valence-corrected chi connectivity index (χ2v) is 6.88. The molecule has 0 heterocycles. The van der Waals surface area contributed by atoms with E-state index in [2.05, 4.69) is 42.7 Å². The van der Waals surface area contributed by atoms with Crippen molar-refractivity contribution < 1.29 is 14.2 Å². The fourth-order valence-corrected chi connectivity index (χ4v) is 3.05. The standard InChI is InChI=1S/C24H35N3O3/c1-5-15-30-18-21-10-8-7-9-20(21)17-27-24(25-6-2)26-14-13-19-11-12-22(28-3)23(16-19)29-4/h7-12,16H,5-6,13-15,17-18H2,1-4H3,(H2,25,26,27). The molecular formula is C24H35N3O3. The minimum atomic E-state index is 0.608. The van der Waals surface area contributed by atoms with Gasteiger partial charge in [-0.25, -0.2) is 4.99 Å². The molecule has 0 spiro atoms. The molecule has 0 aliphatic heterocycles. The summed E-state index contributed by atoms with van der Waals surface area (Å²) in [6.07, 6.45) is 1.88. The number of benzene rings is 2. The van der Waals surface area contributed by atoms with Crippen molar-refractivity contribution in [2.24, 2.45) is 4.99 Å². The van der Waals surface area contributed by atoms with E-state index < -0.39 is 0 Å². The molecule has 164 valence electrons. The van der Waals surface area contributed by atoms with Gasteiger partial charge in [-0.1, -0.05) is 37.3 Å². The van der Waals surface area contributed by atoms with Crippen molar-refractivity contribution in [1.82, 2.24) is 10.6 Å². The van der Waals surface area contributed by atoms with Gasteiger partial charge in [0.1, 0.15) is 0 Å². The molecule has 0 saturated heterocycles. The molecule has 0 radical (unpaired) electrons. The third kappa shape index (κ3) is 7.59. The Morgan fingerprint density at radius 2 is 1.70 bits per heavy atom. The zero-order valence-electron chi connectivity index (χ0n) is 18.7. The Morgan fingerprint density at radius 1 is 0.933 bits per heavy atom. The van der Waals surface area contributed by atoms with Crippen LogP contribution in [-0.2, 0) is 24.3 Å². The normalized spacial score (nSPS) is 11.3. The SMILES string of the molecule is CCCOCc1ccccc1CN=C(NCC)NCCc1ccc(OC)c(OC)c1. The number of aliphatic imine (C=N–C) groups is 1. The van der Waals surface area contributed by atoms with E-state index in [-0.39, 0.29) is 0 Å². The first-order valence-electron chi connectivity index (χ1n) is 10.6. The monoisotopic (exact) mass is 413 g/mol. The molecule has 0 aliphatic rings. The minimum Gasteiger partial charge on any atom is -0.493 e. The molecule has 0 bridgehead atoms. The first-order chi connectivity index (χ1) is 14.7. The number of ether oxygens (including phenoxy) is 3. The van der Waals surface area contributed by atoms with Crippen LogP contribution in [0.3, 0.4) is 0 Å². The summed E-state index contributed by atoms with van der Waals surface area (Å²) in [7, 11) is 3.30. The Labute approximate surface area is 180 Å². The van der Waals surface area contributed by atoms with Crippen molar-refractivity contribution in [1.29, 1.82) is 0 Å². The van der Waals surface area contributed by atoms with Crippen molar-refractivity contribution in [2.45, 2.75) is 39.8 Å². The van der Waals surface area contributed by atoms with Crippen LogP contribution in [0.1, 0.15) is 37.0 Å². The quantitative estimate of drug-likeness (QED) is 0.314. The topological polar surface area (TPSA) is 64.1 Å². The Balaban J connectivity index is 1.95. The van der Waals surface area contributed by atoms with E-state index in [9.17, 15) is 0 Å². The first-order valence-corrected chi connectivity index (χ1v) is 10.6. The van der Waals surface area contributed by atoms with Crippen LogP contribution in [-0.4, -0.2) is 39.9 Å². The third-order valence-electron chi connectivity index (χ3n) is 4.63. The molecule has 2 N–H and O–H groups in total.